The van der Waals surface area contributed by atoms with Crippen LogP contribution in [0.4, 0.5) is 0 Å². The molecule has 0 unspecified atom stereocenters. The van der Waals surface area contributed by atoms with Crippen molar-refractivity contribution in [1.82, 2.24) is 0 Å². The summed E-state index contributed by atoms with van der Waals surface area (Å²) in [7, 11) is 2.25. The van der Waals surface area contributed by atoms with E-state index in [4.69, 9.17) is 4.74 Å². The summed E-state index contributed by atoms with van der Waals surface area (Å²) in [6, 6.07) is 0. The monoisotopic (exact) mass is 269 g/mol. The molecule has 0 aromatic carbocycles. The van der Waals surface area contributed by atoms with Crippen LogP contribution in [0.1, 0.15) is 6.92 Å². The molecule has 7 nitrogen and oxygen atoms in total. The van der Waals surface area contributed by atoms with Crippen LogP contribution in [0.25, 0.3) is 0 Å². The Labute approximate surface area is 102 Å². The molecular weight excluding hydrogens is 250 g/mol. The van der Waals surface area contributed by atoms with Crippen LogP contribution < -0.4 is 0 Å². The molecule has 0 aromatic rings. The van der Waals surface area contributed by atoms with E-state index in [9.17, 15) is 17.8 Å². The minimum Gasteiger partial charge on any atom is -0.726 e. The van der Waals surface area contributed by atoms with Gasteiger partial charge in [-0.25, -0.2) is 13.2 Å². The van der Waals surface area contributed by atoms with Gasteiger partial charge in [0.05, 0.1) is 28.3 Å². The van der Waals surface area contributed by atoms with Crippen molar-refractivity contribution in [3.05, 3.63) is 12.2 Å². The van der Waals surface area contributed by atoms with Crippen molar-refractivity contribution >= 4 is 16.4 Å². The Morgan fingerprint density at radius 3 is 1.88 bits per heavy atom. The van der Waals surface area contributed by atoms with Crippen LogP contribution in [0.15, 0.2) is 12.2 Å². The zero-order valence-corrected chi connectivity index (χ0v) is 11.5. The van der Waals surface area contributed by atoms with E-state index in [2.05, 4.69) is 10.8 Å². The van der Waals surface area contributed by atoms with Crippen LogP contribution in [0, 0.1) is 0 Å². The van der Waals surface area contributed by atoms with Gasteiger partial charge in [0, 0.05) is 5.57 Å². The molecule has 0 N–H and O–H groups in total. The van der Waals surface area contributed by atoms with Crippen molar-refractivity contribution in [3.8, 4) is 0 Å². The molecule has 0 atom stereocenters. The van der Waals surface area contributed by atoms with Crippen molar-refractivity contribution in [1.29, 1.82) is 0 Å². The zero-order chi connectivity index (χ0) is 14.3. The van der Waals surface area contributed by atoms with E-state index in [1.807, 2.05) is 21.1 Å². The Kier molecular flexibility index (Phi) is 7.99. The molecule has 0 heterocycles. The number of esters is 1. The molecule has 0 radical (unpaired) electrons. The first kappa shape index (κ1) is 18.4. The number of carbonyl (C=O) groups excluding carboxylic acids is 1. The third-order valence-corrected chi connectivity index (χ3v) is 1.54. The maximum absolute atomic E-state index is 10.9. The quantitative estimate of drug-likeness (QED) is 0.176. The molecule has 0 spiro atoms. The molecule has 8 heteroatoms. The summed E-state index contributed by atoms with van der Waals surface area (Å²) in [4.78, 5) is 10.9. The Hall–Kier alpha value is -0.960. The predicted molar refractivity (Wildman–Crippen MR) is 60.5 cm³/mol. The molecule has 0 aliphatic heterocycles. The largest absolute Gasteiger partial charge is 0.726 e. The number of carbonyl (C=O) groups is 1. The van der Waals surface area contributed by atoms with Gasteiger partial charge in [-0.05, 0) is 6.92 Å². The first-order valence-corrected chi connectivity index (χ1v) is 5.87. The first-order valence-electron chi connectivity index (χ1n) is 4.53. The highest BCUT2D eigenvalue weighted by atomic mass is 32.3. The average Bonchev–Trinajstić information content (AvgIpc) is 2.12. The standard InChI is InChI=1S/C8H16NO2.CH4O4S/c1-7(2)8(10)11-6-9(3,4)5;1-5-6(2,3)4/h1,6H2,2-5H3;1H3,(H,2,3,4)/q+1;/p-1. The smallest absolute Gasteiger partial charge is 0.337 e. The van der Waals surface area contributed by atoms with Gasteiger partial charge in [-0.2, -0.15) is 0 Å². The number of quaternary nitrogens is 1. The van der Waals surface area contributed by atoms with Crippen molar-refractivity contribution in [2.75, 3.05) is 35.0 Å². The lowest BCUT2D eigenvalue weighted by Gasteiger charge is -2.22. The Balaban J connectivity index is 0. The molecule has 0 rings (SSSR count). The van der Waals surface area contributed by atoms with E-state index < -0.39 is 10.4 Å². The maximum Gasteiger partial charge on any atom is 0.337 e. The SMILES string of the molecule is C=C(C)C(=O)OC[N+](C)(C)C.COS(=O)(=O)[O-]. The summed E-state index contributed by atoms with van der Waals surface area (Å²) < 4.78 is 36.5. The second-order valence-corrected chi connectivity index (χ2v) is 5.36. The minimum atomic E-state index is -4.41. The van der Waals surface area contributed by atoms with E-state index in [-0.39, 0.29) is 5.97 Å². The molecule has 17 heavy (non-hydrogen) atoms. The van der Waals surface area contributed by atoms with E-state index in [0.29, 0.717) is 16.8 Å². The van der Waals surface area contributed by atoms with Gasteiger partial charge >= 0.3 is 5.97 Å². The fraction of sp³-hybridized carbons (Fsp3) is 0.667. The van der Waals surface area contributed by atoms with E-state index >= 15 is 0 Å². The molecule has 0 aliphatic rings. The molecule has 0 aliphatic carbocycles. The van der Waals surface area contributed by atoms with E-state index in [1.54, 1.807) is 6.92 Å². The molecule has 0 bridgehead atoms. The van der Waals surface area contributed by atoms with Crippen molar-refractivity contribution in [3.63, 3.8) is 0 Å². The molecular formula is C9H19NO6S. The summed E-state index contributed by atoms with van der Waals surface area (Å²) in [5.41, 5.74) is 0.443. The van der Waals surface area contributed by atoms with Crippen LogP contribution in [-0.2, 0) is 24.1 Å². The average molecular weight is 269 g/mol. The van der Waals surface area contributed by atoms with Crippen LogP contribution >= 0.6 is 0 Å². The van der Waals surface area contributed by atoms with E-state index in [1.165, 1.54) is 0 Å². The van der Waals surface area contributed by atoms with Gasteiger partial charge in [0.1, 0.15) is 0 Å². The van der Waals surface area contributed by atoms with E-state index in [0.717, 1.165) is 7.11 Å². The van der Waals surface area contributed by atoms with Crippen LogP contribution in [0.2, 0.25) is 0 Å². The maximum atomic E-state index is 10.9. The van der Waals surface area contributed by atoms with Gasteiger partial charge < -0.3 is 9.29 Å². The number of hydrogen-bond donors (Lipinski definition) is 0. The van der Waals surface area contributed by atoms with Gasteiger partial charge in [-0.15, -0.1) is 0 Å². The summed E-state index contributed by atoms with van der Waals surface area (Å²) >= 11 is 0. The Bertz CT molecular complexity index is 354. The van der Waals surface area contributed by atoms with Crippen LogP contribution in [0.3, 0.4) is 0 Å². The topological polar surface area (TPSA) is 92.7 Å². The van der Waals surface area contributed by atoms with Gasteiger partial charge in [0.15, 0.2) is 0 Å². The lowest BCUT2D eigenvalue weighted by molar-refractivity contribution is -0.888. The van der Waals surface area contributed by atoms with Gasteiger partial charge in [-0.3, -0.25) is 8.67 Å². The van der Waals surface area contributed by atoms with Gasteiger partial charge in [0.2, 0.25) is 17.1 Å². The van der Waals surface area contributed by atoms with Gasteiger partial charge in [-0.1, -0.05) is 6.58 Å². The summed E-state index contributed by atoms with van der Waals surface area (Å²) in [5, 5.41) is 0. The third kappa shape index (κ3) is 17.6. The van der Waals surface area contributed by atoms with Gasteiger partial charge in [0.25, 0.3) is 0 Å². The zero-order valence-electron chi connectivity index (χ0n) is 10.7. The second kappa shape index (κ2) is 7.38. The number of hydrogen-bond acceptors (Lipinski definition) is 6. The summed E-state index contributed by atoms with van der Waals surface area (Å²) in [6.45, 7) is 5.49. The summed E-state index contributed by atoms with van der Waals surface area (Å²) in [6.07, 6.45) is 0. The van der Waals surface area contributed by atoms with Crippen molar-refractivity contribution in [2.24, 2.45) is 0 Å². The lowest BCUT2D eigenvalue weighted by atomic mass is 10.4. The van der Waals surface area contributed by atoms with Crippen molar-refractivity contribution < 1.29 is 31.2 Å². The Morgan fingerprint density at radius 1 is 1.35 bits per heavy atom. The second-order valence-electron chi connectivity index (χ2n) is 4.21. The molecule has 0 fully saturated rings. The molecule has 102 valence electrons. The number of ether oxygens (including phenoxy) is 1. The van der Waals surface area contributed by atoms with Crippen LogP contribution in [-0.4, -0.2) is 58.4 Å². The minimum absolute atomic E-state index is 0.321. The highest BCUT2D eigenvalue weighted by Gasteiger charge is 2.10. The fourth-order valence-corrected chi connectivity index (χ4v) is 0.375. The fourth-order valence-electron chi connectivity index (χ4n) is 0.375. The highest BCUT2D eigenvalue weighted by Crippen LogP contribution is 1.96. The predicted octanol–water partition coefficient (Wildman–Crippen LogP) is -0.138. The van der Waals surface area contributed by atoms with Crippen molar-refractivity contribution in [2.45, 2.75) is 6.92 Å². The molecule has 0 saturated heterocycles. The number of rotatable bonds is 4. The lowest BCUT2D eigenvalue weighted by Crippen LogP contribution is -2.37. The summed E-state index contributed by atoms with van der Waals surface area (Å²) in [5.74, 6) is -0.321. The normalized spacial score (nSPS) is 11.2. The first-order chi connectivity index (χ1) is 7.39. The molecule has 0 amide bonds. The number of nitrogens with zero attached hydrogens (tertiary/aromatic N) is 1. The Morgan fingerprint density at radius 2 is 1.71 bits per heavy atom. The third-order valence-electron chi connectivity index (χ3n) is 1.14. The molecule has 0 saturated carbocycles. The van der Waals surface area contributed by atoms with Crippen LogP contribution in [0.5, 0.6) is 0 Å². The highest BCUT2D eigenvalue weighted by molar-refractivity contribution is 7.80. The molecule has 0 aromatic heterocycles.